The SMILES string of the molecule is CCn1c(C)c(C(=O)O)c(-c2cccc(N3CCN(c4ccc(NSc5ccc(NCCSc6ccccc6)c(S(=O)(=O)C(F)(F)F)c5)cc4)CC3)c2)c1-c1ccc(Cl)cc1. The lowest BCUT2D eigenvalue weighted by Gasteiger charge is -2.37. The number of carboxylic acid groups (broad SMARTS) is 1. The predicted octanol–water partition coefficient (Wildman–Crippen LogP) is 11.4. The van der Waals surface area contributed by atoms with E-state index in [4.69, 9.17) is 11.6 Å². The van der Waals surface area contributed by atoms with E-state index >= 15 is 0 Å². The van der Waals surface area contributed by atoms with Gasteiger partial charge in [0.25, 0.3) is 9.84 Å². The molecule has 0 unspecified atom stereocenters. The maximum Gasteiger partial charge on any atom is 0.501 e. The minimum absolute atomic E-state index is 0.107. The molecule has 0 saturated carbocycles. The Balaban J connectivity index is 1.000. The van der Waals surface area contributed by atoms with Crippen molar-refractivity contribution in [2.24, 2.45) is 0 Å². The van der Waals surface area contributed by atoms with E-state index < -0.39 is 26.2 Å². The summed E-state index contributed by atoms with van der Waals surface area (Å²) in [4.78, 5) is 17.7. The van der Waals surface area contributed by atoms with E-state index in [1.165, 1.54) is 17.8 Å². The van der Waals surface area contributed by atoms with Crippen molar-refractivity contribution in [3.05, 3.63) is 138 Å². The van der Waals surface area contributed by atoms with Crippen LogP contribution in [0.25, 0.3) is 22.4 Å². The van der Waals surface area contributed by atoms with Crippen LogP contribution in [0.15, 0.2) is 136 Å². The third kappa shape index (κ3) is 9.80. The van der Waals surface area contributed by atoms with Gasteiger partial charge >= 0.3 is 11.5 Å². The normalized spacial score (nSPS) is 13.3. The van der Waals surface area contributed by atoms with Crippen LogP contribution in [0.5, 0.6) is 0 Å². The topological polar surface area (TPSA) is 107 Å². The van der Waals surface area contributed by atoms with Crippen molar-refractivity contribution in [3.8, 4) is 22.4 Å². The lowest BCUT2D eigenvalue weighted by molar-refractivity contribution is -0.0435. The number of aromatic nitrogens is 1. The third-order valence-electron chi connectivity index (χ3n) is 10.4. The molecule has 9 nitrogen and oxygen atoms in total. The molecule has 1 saturated heterocycles. The molecule has 0 bridgehead atoms. The number of halogens is 4. The Bertz CT molecular complexity index is 2600. The van der Waals surface area contributed by atoms with E-state index in [0.29, 0.717) is 39.2 Å². The standard InChI is InChI=1S/C45H43ClF3N5O4S3/c1-3-54-30(2)41(44(55)56)42(43(54)31-12-14-33(46)15-13-31)32-8-7-9-36(28-32)53-25-23-52(24-26-53)35-18-16-34(17-19-35)51-60-38-20-21-39(40(29-38)61(57,58)45(47,48)49)50-22-27-59-37-10-5-4-6-11-37/h4-21,28-29,50-51H,3,22-27H2,1-2H3,(H,55,56). The molecule has 318 valence electrons. The molecule has 61 heavy (non-hydrogen) atoms. The highest BCUT2D eigenvalue weighted by Gasteiger charge is 2.48. The molecule has 3 N–H and O–H groups in total. The van der Waals surface area contributed by atoms with E-state index in [-0.39, 0.29) is 17.8 Å². The molecule has 2 heterocycles. The number of carboxylic acids is 1. The Labute approximate surface area is 367 Å². The average molecular weight is 907 g/mol. The molecule has 0 spiro atoms. The summed E-state index contributed by atoms with van der Waals surface area (Å²) in [5.74, 6) is -0.461. The molecule has 6 aromatic rings. The van der Waals surface area contributed by atoms with Crippen LogP contribution in [-0.2, 0) is 16.4 Å². The number of piperazine rings is 1. The molecule has 1 fully saturated rings. The summed E-state index contributed by atoms with van der Waals surface area (Å²) in [6.45, 7) is 7.62. The molecular weight excluding hydrogens is 863 g/mol. The number of carbonyl (C=O) groups is 1. The zero-order valence-electron chi connectivity index (χ0n) is 33.2. The number of benzene rings is 5. The van der Waals surface area contributed by atoms with E-state index in [1.807, 2.05) is 115 Å². The maximum absolute atomic E-state index is 13.7. The second-order valence-corrected chi connectivity index (χ2v) is 18.6. The van der Waals surface area contributed by atoms with Gasteiger partial charge in [-0.25, -0.2) is 13.2 Å². The van der Waals surface area contributed by atoms with Gasteiger partial charge in [-0.3, -0.25) is 0 Å². The minimum atomic E-state index is -5.62. The molecule has 7 rings (SSSR count). The van der Waals surface area contributed by atoms with Crippen LogP contribution in [0.3, 0.4) is 0 Å². The summed E-state index contributed by atoms with van der Waals surface area (Å²) in [6, 6.07) is 36.7. The maximum atomic E-state index is 13.7. The molecule has 1 aromatic heterocycles. The van der Waals surface area contributed by atoms with Crippen LogP contribution in [0, 0.1) is 6.92 Å². The Morgan fingerprint density at radius 2 is 1.48 bits per heavy atom. The number of alkyl halides is 3. The first-order chi connectivity index (χ1) is 29.2. The summed E-state index contributed by atoms with van der Waals surface area (Å²) >= 11 is 8.74. The van der Waals surface area contributed by atoms with Gasteiger partial charge in [0.05, 0.1) is 16.9 Å². The molecule has 0 amide bonds. The first-order valence-corrected chi connectivity index (χ1v) is 23.1. The quantitative estimate of drug-likeness (QED) is 0.0524. The van der Waals surface area contributed by atoms with E-state index in [0.717, 1.165) is 77.3 Å². The van der Waals surface area contributed by atoms with Gasteiger partial charge in [0.2, 0.25) is 0 Å². The Morgan fingerprint density at radius 1 is 0.803 bits per heavy atom. The highest BCUT2D eigenvalue weighted by atomic mass is 35.5. The number of anilines is 4. The second-order valence-electron chi connectivity index (χ2n) is 14.2. The zero-order chi connectivity index (χ0) is 43.3. The fourth-order valence-electron chi connectivity index (χ4n) is 7.45. The molecule has 1 aliphatic heterocycles. The summed E-state index contributed by atoms with van der Waals surface area (Å²) in [5.41, 5.74) is 1.29. The van der Waals surface area contributed by atoms with Crippen molar-refractivity contribution in [3.63, 3.8) is 0 Å². The van der Waals surface area contributed by atoms with Crippen molar-refractivity contribution in [2.45, 2.75) is 40.6 Å². The average Bonchev–Trinajstić information content (AvgIpc) is 3.57. The molecule has 0 atom stereocenters. The zero-order valence-corrected chi connectivity index (χ0v) is 36.5. The van der Waals surface area contributed by atoms with Crippen LogP contribution in [-0.4, -0.2) is 68.0 Å². The van der Waals surface area contributed by atoms with E-state index in [9.17, 15) is 31.5 Å². The molecule has 1 aliphatic rings. The first-order valence-electron chi connectivity index (χ1n) is 19.5. The largest absolute Gasteiger partial charge is 0.501 e. The number of rotatable bonds is 15. The Morgan fingerprint density at radius 3 is 2.11 bits per heavy atom. The number of thioether (sulfide) groups is 1. The summed E-state index contributed by atoms with van der Waals surface area (Å²) < 4.78 is 71.6. The number of hydrogen-bond acceptors (Lipinski definition) is 9. The van der Waals surface area contributed by atoms with Gasteiger partial charge in [-0.05, 0) is 116 Å². The smallest absolute Gasteiger partial charge is 0.478 e. The number of aromatic carboxylic acids is 1. The first kappa shape index (κ1) is 43.9. The molecule has 5 aromatic carbocycles. The van der Waals surface area contributed by atoms with Gasteiger partial charge in [-0.2, -0.15) is 13.2 Å². The van der Waals surface area contributed by atoms with Crippen molar-refractivity contribution in [1.82, 2.24) is 4.57 Å². The van der Waals surface area contributed by atoms with Gasteiger partial charge < -0.3 is 29.5 Å². The summed E-state index contributed by atoms with van der Waals surface area (Å²) in [5, 5.41) is 13.9. The van der Waals surface area contributed by atoms with Gasteiger partial charge in [-0.15, -0.1) is 11.8 Å². The van der Waals surface area contributed by atoms with Crippen molar-refractivity contribution < 1.29 is 31.5 Å². The Hall–Kier alpha value is -5.22. The van der Waals surface area contributed by atoms with Crippen LogP contribution in [0.2, 0.25) is 5.02 Å². The van der Waals surface area contributed by atoms with Gasteiger partial charge in [0, 0.05) is 88.2 Å². The molecular formula is C45H43ClF3N5O4S3. The highest BCUT2D eigenvalue weighted by Crippen LogP contribution is 2.41. The number of nitrogens with zero attached hydrogens (tertiary/aromatic N) is 3. The highest BCUT2D eigenvalue weighted by molar-refractivity contribution is 8.00. The number of nitrogens with one attached hydrogen (secondary N) is 2. The van der Waals surface area contributed by atoms with Crippen LogP contribution in [0.4, 0.5) is 35.9 Å². The monoisotopic (exact) mass is 905 g/mol. The van der Waals surface area contributed by atoms with Crippen LogP contribution in [0.1, 0.15) is 23.0 Å². The number of hydrogen-bond donors (Lipinski definition) is 3. The summed E-state index contributed by atoms with van der Waals surface area (Å²) in [6.07, 6.45) is 0. The molecule has 0 aliphatic carbocycles. The number of sulfone groups is 1. The van der Waals surface area contributed by atoms with Crippen LogP contribution >= 0.6 is 35.3 Å². The lowest BCUT2D eigenvalue weighted by atomic mass is 9.96. The van der Waals surface area contributed by atoms with Gasteiger partial charge in [-0.1, -0.05) is 54.1 Å². The minimum Gasteiger partial charge on any atom is -0.478 e. The predicted molar refractivity (Wildman–Crippen MR) is 243 cm³/mol. The van der Waals surface area contributed by atoms with E-state index in [2.05, 4.69) is 25.9 Å². The van der Waals surface area contributed by atoms with Crippen molar-refractivity contribution in [2.75, 3.05) is 58.3 Å². The van der Waals surface area contributed by atoms with Crippen LogP contribution < -0.4 is 19.8 Å². The fourth-order valence-corrected chi connectivity index (χ4v) is 10.1. The van der Waals surface area contributed by atoms with Crippen molar-refractivity contribution in [1.29, 1.82) is 0 Å². The van der Waals surface area contributed by atoms with Gasteiger partial charge in [0.1, 0.15) is 4.90 Å². The van der Waals surface area contributed by atoms with E-state index in [1.54, 1.807) is 6.07 Å². The summed E-state index contributed by atoms with van der Waals surface area (Å²) in [7, 11) is -5.62. The van der Waals surface area contributed by atoms with Gasteiger partial charge in [0.15, 0.2) is 0 Å². The second kappa shape index (κ2) is 18.8. The Kier molecular flexibility index (Phi) is 13.5. The third-order valence-corrected chi connectivity index (χ3v) is 14.1. The molecule has 0 radical (unpaired) electrons. The fraction of sp³-hybridized carbons (Fsp3) is 0.222. The molecule has 16 heteroatoms. The lowest BCUT2D eigenvalue weighted by Crippen LogP contribution is -2.46. The van der Waals surface area contributed by atoms with Crippen molar-refractivity contribution >= 4 is 73.9 Å².